The molecule has 0 N–H and O–H groups in total. The van der Waals surface area contributed by atoms with Gasteiger partial charge in [-0.2, -0.15) is 0 Å². The van der Waals surface area contributed by atoms with E-state index in [1.165, 1.54) is 5.56 Å². The summed E-state index contributed by atoms with van der Waals surface area (Å²) >= 11 is 0. The number of hydrogen-bond donors (Lipinski definition) is 0. The minimum Gasteiger partial charge on any atom is -0.456 e. The van der Waals surface area contributed by atoms with Gasteiger partial charge in [-0.3, -0.25) is 0 Å². The average Bonchev–Trinajstić information content (AvgIpc) is 2.99. The molecule has 0 saturated heterocycles. The average molecular weight is 341 g/mol. The molecule has 26 heavy (non-hydrogen) atoms. The van der Waals surface area contributed by atoms with E-state index in [2.05, 4.69) is 40.6 Å². The fourth-order valence-corrected chi connectivity index (χ4v) is 3.15. The number of furan rings is 1. The molecule has 0 spiro atoms. The topological polar surface area (TPSA) is 51.8 Å². The SMILES string of the molecule is C=C(/C=C\C)c1nc(C)nc(-c2cccc3oc4ccc(C)cc4c23)n1. The van der Waals surface area contributed by atoms with Crippen LogP contribution in [0, 0.1) is 13.8 Å². The number of aryl methyl sites for hydroxylation is 2. The first kappa shape index (κ1) is 16.2. The second kappa shape index (κ2) is 6.23. The number of aromatic nitrogens is 3. The van der Waals surface area contributed by atoms with Crippen LogP contribution in [0.15, 0.2) is 59.5 Å². The normalized spacial score (nSPS) is 11.7. The van der Waals surface area contributed by atoms with Gasteiger partial charge < -0.3 is 4.42 Å². The molecule has 128 valence electrons. The Hall–Kier alpha value is -3.27. The largest absolute Gasteiger partial charge is 0.456 e. The van der Waals surface area contributed by atoms with E-state index in [-0.39, 0.29) is 0 Å². The lowest BCUT2D eigenvalue weighted by molar-refractivity contribution is 0.669. The minimum atomic E-state index is 0.589. The highest BCUT2D eigenvalue weighted by molar-refractivity contribution is 6.11. The molecule has 0 saturated carbocycles. The first-order valence-electron chi connectivity index (χ1n) is 8.53. The van der Waals surface area contributed by atoms with E-state index in [1.54, 1.807) is 0 Å². The van der Waals surface area contributed by atoms with Gasteiger partial charge in [0.15, 0.2) is 11.6 Å². The van der Waals surface area contributed by atoms with E-state index >= 15 is 0 Å². The van der Waals surface area contributed by atoms with Crippen molar-refractivity contribution in [3.05, 3.63) is 72.3 Å². The number of benzene rings is 2. The smallest absolute Gasteiger partial charge is 0.164 e. The van der Waals surface area contributed by atoms with Gasteiger partial charge in [-0.25, -0.2) is 15.0 Å². The van der Waals surface area contributed by atoms with Crippen molar-refractivity contribution >= 4 is 27.5 Å². The van der Waals surface area contributed by atoms with Crippen LogP contribution in [0.4, 0.5) is 0 Å². The molecule has 0 bridgehead atoms. The summed E-state index contributed by atoms with van der Waals surface area (Å²) < 4.78 is 6.02. The standard InChI is InChI=1S/C22H19N3O/c1-5-7-14(3)21-23-15(4)24-22(25-21)16-8-6-9-19-20(16)17-12-13(2)10-11-18(17)26-19/h5-12H,3H2,1-2,4H3/b7-5-. The van der Waals surface area contributed by atoms with Crippen molar-refractivity contribution in [2.45, 2.75) is 20.8 Å². The van der Waals surface area contributed by atoms with E-state index in [0.717, 1.165) is 33.1 Å². The highest BCUT2D eigenvalue weighted by atomic mass is 16.3. The summed E-state index contributed by atoms with van der Waals surface area (Å²) in [6, 6.07) is 12.2. The zero-order valence-corrected chi connectivity index (χ0v) is 15.1. The van der Waals surface area contributed by atoms with Gasteiger partial charge >= 0.3 is 0 Å². The summed E-state index contributed by atoms with van der Waals surface area (Å²) in [7, 11) is 0. The minimum absolute atomic E-state index is 0.589. The maximum absolute atomic E-state index is 6.02. The van der Waals surface area contributed by atoms with Gasteiger partial charge in [0, 0.05) is 21.9 Å². The molecule has 4 nitrogen and oxygen atoms in total. The van der Waals surface area contributed by atoms with Crippen LogP contribution in [0.3, 0.4) is 0 Å². The summed E-state index contributed by atoms with van der Waals surface area (Å²) in [5, 5.41) is 2.10. The molecule has 0 unspecified atom stereocenters. The van der Waals surface area contributed by atoms with Crippen LogP contribution in [0.25, 0.3) is 38.9 Å². The molecule has 0 amide bonds. The van der Waals surface area contributed by atoms with E-state index in [1.807, 2.05) is 50.3 Å². The summed E-state index contributed by atoms with van der Waals surface area (Å²) in [6.07, 6.45) is 3.82. The van der Waals surface area contributed by atoms with Gasteiger partial charge in [0.25, 0.3) is 0 Å². The molecule has 0 aliphatic carbocycles. The Morgan fingerprint density at radius 3 is 2.69 bits per heavy atom. The molecule has 2 heterocycles. The van der Waals surface area contributed by atoms with Crippen LogP contribution in [-0.4, -0.2) is 15.0 Å². The lowest BCUT2D eigenvalue weighted by Gasteiger charge is -2.06. The number of allylic oxidation sites excluding steroid dienone is 3. The second-order valence-corrected chi connectivity index (χ2v) is 6.34. The number of fused-ring (bicyclic) bond motifs is 3. The van der Waals surface area contributed by atoms with Crippen molar-refractivity contribution in [1.82, 2.24) is 15.0 Å². The van der Waals surface area contributed by atoms with Crippen LogP contribution in [0.1, 0.15) is 24.1 Å². The Labute approximate surface area is 151 Å². The fraction of sp³-hybridized carbons (Fsp3) is 0.136. The van der Waals surface area contributed by atoms with Gasteiger partial charge in [-0.15, -0.1) is 0 Å². The Morgan fingerprint density at radius 1 is 1.04 bits per heavy atom. The second-order valence-electron chi connectivity index (χ2n) is 6.34. The van der Waals surface area contributed by atoms with Gasteiger partial charge in [-0.05, 0) is 39.0 Å². The Bertz CT molecular complexity index is 1180. The summed E-state index contributed by atoms with van der Waals surface area (Å²) in [6.45, 7) is 9.94. The first-order chi connectivity index (χ1) is 12.6. The fourth-order valence-electron chi connectivity index (χ4n) is 3.15. The summed E-state index contributed by atoms with van der Waals surface area (Å²) in [5.41, 5.74) is 4.58. The van der Waals surface area contributed by atoms with Crippen molar-refractivity contribution in [3.8, 4) is 11.4 Å². The zero-order valence-electron chi connectivity index (χ0n) is 15.1. The maximum Gasteiger partial charge on any atom is 0.164 e. The monoisotopic (exact) mass is 341 g/mol. The highest BCUT2D eigenvalue weighted by Crippen LogP contribution is 2.35. The van der Waals surface area contributed by atoms with Gasteiger partial charge in [-0.1, -0.05) is 42.5 Å². The molecule has 0 atom stereocenters. The molecule has 4 heteroatoms. The van der Waals surface area contributed by atoms with Crippen molar-refractivity contribution in [2.75, 3.05) is 0 Å². The van der Waals surface area contributed by atoms with Crippen LogP contribution in [0.5, 0.6) is 0 Å². The van der Waals surface area contributed by atoms with Crippen LogP contribution in [-0.2, 0) is 0 Å². The van der Waals surface area contributed by atoms with Gasteiger partial charge in [0.1, 0.15) is 17.0 Å². The van der Waals surface area contributed by atoms with Gasteiger partial charge in [0.2, 0.25) is 0 Å². The van der Waals surface area contributed by atoms with Crippen LogP contribution < -0.4 is 0 Å². The number of nitrogens with zero attached hydrogens (tertiary/aromatic N) is 3. The lowest BCUT2D eigenvalue weighted by atomic mass is 10.0. The molecule has 0 aliphatic heterocycles. The first-order valence-corrected chi connectivity index (χ1v) is 8.53. The zero-order chi connectivity index (χ0) is 18.3. The third kappa shape index (κ3) is 2.69. The van der Waals surface area contributed by atoms with Crippen LogP contribution >= 0.6 is 0 Å². The molecular weight excluding hydrogens is 322 g/mol. The quantitative estimate of drug-likeness (QED) is 0.452. The Balaban J connectivity index is 2.01. The lowest BCUT2D eigenvalue weighted by Crippen LogP contribution is -2.01. The van der Waals surface area contributed by atoms with Crippen molar-refractivity contribution in [3.63, 3.8) is 0 Å². The molecule has 4 aromatic rings. The number of rotatable bonds is 3. The molecular formula is C22H19N3O. The van der Waals surface area contributed by atoms with Crippen molar-refractivity contribution < 1.29 is 4.42 Å². The molecule has 0 fully saturated rings. The van der Waals surface area contributed by atoms with Crippen LogP contribution in [0.2, 0.25) is 0 Å². The third-order valence-corrected chi connectivity index (χ3v) is 4.29. The summed E-state index contributed by atoms with van der Waals surface area (Å²) in [4.78, 5) is 13.7. The van der Waals surface area contributed by atoms with Gasteiger partial charge in [0.05, 0.1) is 0 Å². The third-order valence-electron chi connectivity index (χ3n) is 4.29. The number of hydrogen-bond acceptors (Lipinski definition) is 4. The molecule has 0 aliphatic rings. The van der Waals surface area contributed by atoms with Crippen molar-refractivity contribution in [2.24, 2.45) is 0 Å². The van der Waals surface area contributed by atoms with E-state index < -0.39 is 0 Å². The van der Waals surface area contributed by atoms with Crippen molar-refractivity contribution in [1.29, 1.82) is 0 Å². The highest BCUT2D eigenvalue weighted by Gasteiger charge is 2.16. The summed E-state index contributed by atoms with van der Waals surface area (Å²) in [5.74, 6) is 1.89. The maximum atomic E-state index is 6.02. The van der Waals surface area contributed by atoms with E-state index in [0.29, 0.717) is 17.5 Å². The molecule has 2 aromatic heterocycles. The predicted molar refractivity (Wildman–Crippen MR) is 106 cm³/mol. The van der Waals surface area contributed by atoms with E-state index in [9.17, 15) is 0 Å². The molecule has 2 aromatic carbocycles. The Kier molecular flexibility index (Phi) is 3.88. The van der Waals surface area contributed by atoms with E-state index in [4.69, 9.17) is 4.42 Å². The Morgan fingerprint density at radius 2 is 1.88 bits per heavy atom. The predicted octanol–water partition coefficient (Wildman–Crippen LogP) is 5.64. The molecule has 0 radical (unpaired) electrons. The molecule has 4 rings (SSSR count).